The predicted octanol–water partition coefficient (Wildman–Crippen LogP) is 0.923. The van der Waals surface area contributed by atoms with Gasteiger partial charge in [-0.05, 0) is 18.6 Å². The summed E-state index contributed by atoms with van der Waals surface area (Å²) in [7, 11) is 0. The highest BCUT2D eigenvalue weighted by atomic mass is 16.2. The van der Waals surface area contributed by atoms with Crippen LogP contribution in [0, 0.1) is 0 Å². The second-order valence-corrected chi connectivity index (χ2v) is 2.84. The summed E-state index contributed by atoms with van der Waals surface area (Å²) in [4.78, 5) is 15.3. The zero-order valence-corrected chi connectivity index (χ0v) is 7.81. The molecule has 0 aliphatic heterocycles. The SMILES string of the molecule is C=CCC(N)C(=O)Nc1ccccn1. The Hall–Kier alpha value is -1.68. The number of aromatic nitrogens is 1. The number of hydrogen-bond donors (Lipinski definition) is 2. The van der Waals surface area contributed by atoms with Crippen molar-refractivity contribution in [3.63, 3.8) is 0 Å². The maximum Gasteiger partial charge on any atom is 0.242 e. The lowest BCUT2D eigenvalue weighted by Gasteiger charge is -2.08. The number of carbonyl (C=O) groups excluding carboxylic acids is 1. The largest absolute Gasteiger partial charge is 0.320 e. The van der Waals surface area contributed by atoms with Crippen molar-refractivity contribution in [3.8, 4) is 0 Å². The maximum atomic E-state index is 11.4. The van der Waals surface area contributed by atoms with Crippen LogP contribution in [0.4, 0.5) is 5.82 Å². The molecule has 0 aliphatic carbocycles. The van der Waals surface area contributed by atoms with Crippen molar-refractivity contribution in [2.45, 2.75) is 12.5 Å². The van der Waals surface area contributed by atoms with E-state index in [9.17, 15) is 4.79 Å². The standard InChI is InChI=1S/C10H13N3O/c1-2-5-8(11)10(14)13-9-6-3-4-7-12-9/h2-4,6-8H,1,5,11H2,(H,12,13,14). The van der Waals surface area contributed by atoms with Crippen LogP contribution in [0.1, 0.15) is 6.42 Å². The third kappa shape index (κ3) is 2.99. The van der Waals surface area contributed by atoms with Crippen molar-refractivity contribution < 1.29 is 4.79 Å². The molecule has 1 aromatic heterocycles. The number of nitrogens with zero attached hydrogens (tertiary/aromatic N) is 1. The summed E-state index contributed by atoms with van der Waals surface area (Å²) in [5, 5.41) is 2.60. The topological polar surface area (TPSA) is 68.0 Å². The Morgan fingerprint density at radius 2 is 2.50 bits per heavy atom. The van der Waals surface area contributed by atoms with Gasteiger partial charge < -0.3 is 11.1 Å². The van der Waals surface area contributed by atoms with E-state index in [-0.39, 0.29) is 5.91 Å². The molecule has 1 atom stereocenters. The first-order chi connectivity index (χ1) is 6.74. The molecule has 1 amide bonds. The molecule has 4 heteroatoms. The average molecular weight is 191 g/mol. The van der Waals surface area contributed by atoms with Gasteiger partial charge in [0, 0.05) is 6.20 Å². The van der Waals surface area contributed by atoms with Gasteiger partial charge in [-0.2, -0.15) is 0 Å². The molecule has 0 aliphatic rings. The lowest BCUT2D eigenvalue weighted by molar-refractivity contribution is -0.117. The molecule has 3 N–H and O–H groups in total. The Morgan fingerprint density at radius 1 is 1.71 bits per heavy atom. The first-order valence-corrected chi connectivity index (χ1v) is 4.32. The van der Waals surface area contributed by atoms with Crippen LogP contribution in [0.3, 0.4) is 0 Å². The summed E-state index contributed by atoms with van der Waals surface area (Å²) in [5.74, 6) is 0.264. The molecule has 1 unspecified atom stereocenters. The lowest BCUT2D eigenvalue weighted by atomic mass is 10.2. The number of carbonyl (C=O) groups is 1. The second-order valence-electron chi connectivity index (χ2n) is 2.84. The van der Waals surface area contributed by atoms with Gasteiger partial charge in [-0.1, -0.05) is 12.1 Å². The highest BCUT2D eigenvalue weighted by Gasteiger charge is 2.11. The molecule has 0 saturated heterocycles. The summed E-state index contributed by atoms with van der Waals surface area (Å²) in [6, 6.07) is 4.72. The van der Waals surface area contributed by atoms with Gasteiger partial charge in [0.05, 0.1) is 6.04 Å². The number of hydrogen-bond acceptors (Lipinski definition) is 3. The first-order valence-electron chi connectivity index (χ1n) is 4.32. The minimum atomic E-state index is -0.561. The van der Waals surface area contributed by atoms with E-state index < -0.39 is 6.04 Å². The molecule has 1 heterocycles. The van der Waals surface area contributed by atoms with Crippen molar-refractivity contribution in [1.82, 2.24) is 4.98 Å². The van der Waals surface area contributed by atoms with Gasteiger partial charge in [-0.15, -0.1) is 6.58 Å². The van der Waals surface area contributed by atoms with Crippen molar-refractivity contribution in [2.24, 2.45) is 5.73 Å². The summed E-state index contributed by atoms with van der Waals surface area (Å²) in [6.07, 6.45) is 3.68. The van der Waals surface area contributed by atoms with Gasteiger partial charge in [-0.3, -0.25) is 4.79 Å². The van der Waals surface area contributed by atoms with Gasteiger partial charge in [0.15, 0.2) is 0 Å². The van der Waals surface area contributed by atoms with Crippen molar-refractivity contribution in [2.75, 3.05) is 5.32 Å². The van der Waals surface area contributed by atoms with E-state index in [1.54, 1.807) is 30.5 Å². The van der Waals surface area contributed by atoms with Crippen LogP contribution in [0.25, 0.3) is 0 Å². The Balaban J connectivity index is 2.53. The molecule has 1 rings (SSSR count). The van der Waals surface area contributed by atoms with Gasteiger partial charge >= 0.3 is 0 Å². The van der Waals surface area contributed by atoms with Crippen LogP contribution in [0.5, 0.6) is 0 Å². The number of rotatable bonds is 4. The van der Waals surface area contributed by atoms with Crippen LogP contribution in [0.2, 0.25) is 0 Å². The third-order valence-electron chi connectivity index (χ3n) is 1.67. The van der Waals surface area contributed by atoms with E-state index in [1.807, 2.05) is 0 Å². The molecular weight excluding hydrogens is 178 g/mol. The minimum absolute atomic E-state index is 0.247. The maximum absolute atomic E-state index is 11.4. The fourth-order valence-corrected chi connectivity index (χ4v) is 0.942. The monoisotopic (exact) mass is 191 g/mol. The minimum Gasteiger partial charge on any atom is -0.320 e. The molecule has 0 spiro atoms. The highest BCUT2D eigenvalue weighted by Crippen LogP contribution is 2.01. The van der Waals surface area contributed by atoms with E-state index in [0.717, 1.165) is 0 Å². The normalized spacial score (nSPS) is 11.8. The molecule has 74 valence electrons. The van der Waals surface area contributed by atoms with E-state index in [4.69, 9.17) is 5.73 Å². The predicted molar refractivity (Wildman–Crippen MR) is 55.7 cm³/mol. The number of amides is 1. The van der Waals surface area contributed by atoms with Crippen molar-refractivity contribution in [3.05, 3.63) is 37.1 Å². The van der Waals surface area contributed by atoms with Crippen LogP contribution < -0.4 is 11.1 Å². The third-order valence-corrected chi connectivity index (χ3v) is 1.67. The Labute approximate surface area is 82.8 Å². The smallest absolute Gasteiger partial charge is 0.242 e. The van der Waals surface area contributed by atoms with E-state index in [0.29, 0.717) is 12.2 Å². The van der Waals surface area contributed by atoms with Crippen molar-refractivity contribution in [1.29, 1.82) is 0 Å². The number of pyridine rings is 1. The molecule has 0 bridgehead atoms. The van der Waals surface area contributed by atoms with Crippen LogP contribution in [-0.4, -0.2) is 16.9 Å². The highest BCUT2D eigenvalue weighted by molar-refractivity contribution is 5.93. The van der Waals surface area contributed by atoms with Gasteiger partial charge in [0.2, 0.25) is 5.91 Å². The van der Waals surface area contributed by atoms with Gasteiger partial charge in [0.25, 0.3) is 0 Å². The Kier molecular flexibility index (Phi) is 3.82. The lowest BCUT2D eigenvalue weighted by Crippen LogP contribution is -2.35. The van der Waals surface area contributed by atoms with Crippen molar-refractivity contribution >= 4 is 11.7 Å². The fourth-order valence-electron chi connectivity index (χ4n) is 0.942. The molecule has 0 aromatic carbocycles. The average Bonchev–Trinajstić information content (AvgIpc) is 2.19. The molecule has 4 nitrogen and oxygen atoms in total. The molecule has 1 aromatic rings. The quantitative estimate of drug-likeness (QED) is 0.695. The van der Waals surface area contributed by atoms with E-state index >= 15 is 0 Å². The van der Waals surface area contributed by atoms with E-state index in [1.165, 1.54) is 0 Å². The molecule has 0 radical (unpaired) electrons. The van der Waals surface area contributed by atoms with Gasteiger partial charge in [-0.25, -0.2) is 4.98 Å². The zero-order valence-electron chi connectivity index (χ0n) is 7.81. The Bertz CT molecular complexity index is 310. The number of nitrogens with one attached hydrogen (secondary N) is 1. The first kappa shape index (κ1) is 10.4. The molecular formula is C10H13N3O. The fraction of sp³-hybridized carbons (Fsp3) is 0.200. The summed E-state index contributed by atoms with van der Waals surface area (Å²) in [5.41, 5.74) is 5.56. The molecule has 0 saturated carbocycles. The number of anilines is 1. The van der Waals surface area contributed by atoms with Crippen LogP contribution in [-0.2, 0) is 4.79 Å². The zero-order chi connectivity index (χ0) is 10.4. The second kappa shape index (κ2) is 5.14. The molecule has 14 heavy (non-hydrogen) atoms. The van der Waals surface area contributed by atoms with Crippen LogP contribution in [0.15, 0.2) is 37.1 Å². The van der Waals surface area contributed by atoms with Crippen LogP contribution >= 0.6 is 0 Å². The molecule has 0 fully saturated rings. The summed E-state index contributed by atoms with van der Waals surface area (Å²) < 4.78 is 0. The van der Waals surface area contributed by atoms with Gasteiger partial charge in [0.1, 0.15) is 5.82 Å². The summed E-state index contributed by atoms with van der Waals surface area (Å²) >= 11 is 0. The van der Waals surface area contributed by atoms with E-state index in [2.05, 4.69) is 16.9 Å². The summed E-state index contributed by atoms with van der Waals surface area (Å²) in [6.45, 7) is 3.51. The Morgan fingerprint density at radius 3 is 3.07 bits per heavy atom. The number of nitrogens with two attached hydrogens (primary N) is 1.